The van der Waals surface area contributed by atoms with Crippen LogP contribution in [-0.2, 0) is 15.1 Å². The smallest absolute Gasteiger partial charge is 0.244 e. The standard InChI is InChI=1S/C15H23N3O2/c1-20-12-15(14(16)19,13-6-3-2-4-7-13)18-10-5-8-17-9-11-18/h2-4,6-7,17H,5,8-12H2,1H3,(H2,16,19). The summed E-state index contributed by atoms with van der Waals surface area (Å²) < 4.78 is 5.35. The fraction of sp³-hybridized carbons (Fsp3) is 0.533. The normalized spacial score (nSPS) is 20.1. The zero-order valence-corrected chi connectivity index (χ0v) is 12.0. The van der Waals surface area contributed by atoms with Crippen LogP contribution in [0.4, 0.5) is 0 Å². The summed E-state index contributed by atoms with van der Waals surface area (Å²) in [6.07, 6.45) is 0.992. The minimum atomic E-state index is -0.887. The number of carbonyl (C=O) groups excluding carboxylic acids is 1. The number of nitrogens with one attached hydrogen (secondary N) is 1. The van der Waals surface area contributed by atoms with E-state index in [1.54, 1.807) is 7.11 Å². The molecular formula is C15H23N3O2. The molecule has 1 atom stereocenters. The molecule has 0 aliphatic carbocycles. The van der Waals surface area contributed by atoms with Gasteiger partial charge in [0.05, 0.1) is 6.61 Å². The molecule has 20 heavy (non-hydrogen) atoms. The summed E-state index contributed by atoms with van der Waals surface area (Å²) in [7, 11) is 1.61. The second kappa shape index (κ2) is 6.83. The quantitative estimate of drug-likeness (QED) is 0.813. The Kier molecular flexibility index (Phi) is 5.11. The summed E-state index contributed by atoms with van der Waals surface area (Å²) >= 11 is 0. The Bertz CT molecular complexity index is 430. The van der Waals surface area contributed by atoms with Crippen molar-refractivity contribution in [1.29, 1.82) is 0 Å². The fourth-order valence-corrected chi connectivity index (χ4v) is 2.88. The zero-order chi connectivity index (χ0) is 14.4. The summed E-state index contributed by atoms with van der Waals surface area (Å²) in [4.78, 5) is 14.5. The van der Waals surface area contributed by atoms with Crippen LogP contribution >= 0.6 is 0 Å². The third kappa shape index (κ3) is 2.85. The van der Waals surface area contributed by atoms with Crippen molar-refractivity contribution in [3.63, 3.8) is 0 Å². The van der Waals surface area contributed by atoms with Crippen molar-refractivity contribution >= 4 is 5.91 Å². The first-order valence-electron chi connectivity index (χ1n) is 7.02. The van der Waals surface area contributed by atoms with Gasteiger partial charge in [-0.3, -0.25) is 9.69 Å². The van der Waals surface area contributed by atoms with Gasteiger partial charge in [0.1, 0.15) is 5.54 Å². The van der Waals surface area contributed by atoms with Crippen LogP contribution in [0.3, 0.4) is 0 Å². The van der Waals surface area contributed by atoms with Gasteiger partial charge in [-0.25, -0.2) is 0 Å². The Morgan fingerprint density at radius 2 is 2.10 bits per heavy atom. The number of methoxy groups -OCH3 is 1. The highest BCUT2D eigenvalue weighted by atomic mass is 16.5. The Morgan fingerprint density at radius 1 is 1.35 bits per heavy atom. The molecule has 1 aliphatic rings. The van der Waals surface area contributed by atoms with E-state index in [0.29, 0.717) is 0 Å². The average Bonchev–Trinajstić information content (AvgIpc) is 2.74. The third-order valence-electron chi connectivity index (χ3n) is 3.89. The Balaban J connectivity index is 2.43. The molecule has 1 unspecified atom stereocenters. The molecule has 1 saturated heterocycles. The molecule has 0 saturated carbocycles. The van der Waals surface area contributed by atoms with Crippen LogP contribution in [-0.4, -0.2) is 50.7 Å². The van der Waals surface area contributed by atoms with Crippen molar-refractivity contribution < 1.29 is 9.53 Å². The molecule has 0 radical (unpaired) electrons. The van der Waals surface area contributed by atoms with Crippen LogP contribution in [0.15, 0.2) is 30.3 Å². The number of carbonyl (C=O) groups is 1. The van der Waals surface area contributed by atoms with Gasteiger partial charge in [-0.1, -0.05) is 30.3 Å². The maximum Gasteiger partial charge on any atom is 0.244 e. The van der Waals surface area contributed by atoms with Crippen molar-refractivity contribution in [3.8, 4) is 0 Å². The van der Waals surface area contributed by atoms with Crippen molar-refractivity contribution in [2.45, 2.75) is 12.0 Å². The topological polar surface area (TPSA) is 67.6 Å². The predicted octanol–water partition coefficient (Wildman–Crippen LogP) is 0.309. The minimum absolute atomic E-state index is 0.270. The van der Waals surface area contributed by atoms with Gasteiger partial charge in [0, 0.05) is 26.7 Å². The van der Waals surface area contributed by atoms with E-state index in [-0.39, 0.29) is 12.5 Å². The summed E-state index contributed by atoms with van der Waals surface area (Å²) in [5, 5.41) is 3.35. The summed E-state index contributed by atoms with van der Waals surface area (Å²) in [6, 6.07) is 9.69. The van der Waals surface area contributed by atoms with E-state index >= 15 is 0 Å². The lowest BCUT2D eigenvalue weighted by Gasteiger charge is -2.41. The average molecular weight is 277 g/mol. The number of primary amides is 1. The molecule has 1 aromatic carbocycles. The molecule has 110 valence electrons. The van der Waals surface area contributed by atoms with Crippen LogP contribution in [0.1, 0.15) is 12.0 Å². The van der Waals surface area contributed by atoms with Gasteiger partial charge in [0.25, 0.3) is 0 Å². The van der Waals surface area contributed by atoms with Crippen LogP contribution < -0.4 is 11.1 Å². The van der Waals surface area contributed by atoms with Crippen molar-refractivity contribution in [2.24, 2.45) is 5.73 Å². The number of hydrogen-bond donors (Lipinski definition) is 2. The summed E-state index contributed by atoms with van der Waals surface area (Å²) in [6.45, 7) is 3.69. The lowest BCUT2D eigenvalue weighted by atomic mass is 9.87. The van der Waals surface area contributed by atoms with Crippen molar-refractivity contribution in [3.05, 3.63) is 35.9 Å². The van der Waals surface area contributed by atoms with Crippen LogP contribution in [0.5, 0.6) is 0 Å². The van der Waals surface area contributed by atoms with Crippen molar-refractivity contribution in [1.82, 2.24) is 10.2 Å². The molecule has 5 nitrogen and oxygen atoms in total. The van der Waals surface area contributed by atoms with Gasteiger partial charge in [-0.05, 0) is 18.5 Å². The number of nitrogens with two attached hydrogens (primary N) is 1. The molecule has 1 aromatic rings. The van der Waals surface area contributed by atoms with Gasteiger partial charge in [0.2, 0.25) is 5.91 Å². The van der Waals surface area contributed by atoms with Gasteiger partial charge in [-0.15, -0.1) is 0 Å². The van der Waals surface area contributed by atoms with Gasteiger partial charge in [0.15, 0.2) is 0 Å². The first-order valence-corrected chi connectivity index (χ1v) is 7.02. The third-order valence-corrected chi connectivity index (χ3v) is 3.89. The monoisotopic (exact) mass is 277 g/mol. The molecular weight excluding hydrogens is 254 g/mol. The van der Waals surface area contributed by atoms with E-state index in [1.807, 2.05) is 30.3 Å². The van der Waals surface area contributed by atoms with Crippen LogP contribution in [0.2, 0.25) is 0 Å². The molecule has 2 rings (SSSR count). The second-order valence-corrected chi connectivity index (χ2v) is 5.11. The van der Waals surface area contributed by atoms with E-state index < -0.39 is 5.54 Å². The number of amides is 1. The Labute approximate surface area is 120 Å². The molecule has 5 heteroatoms. The maximum absolute atomic E-state index is 12.3. The van der Waals surface area contributed by atoms with Crippen LogP contribution in [0, 0.1) is 0 Å². The second-order valence-electron chi connectivity index (χ2n) is 5.11. The number of benzene rings is 1. The van der Waals surface area contributed by atoms with E-state index in [2.05, 4.69) is 10.2 Å². The molecule has 1 fully saturated rings. The summed E-state index contributed by atoms with van der Waals surface area (Å²) in [5.41, 5.74) is 5.80. The highest BCUT2D eigenvalue weighted by Gasteiger charge is 2.44. The Morgan fingerprint density at radius 3 is 2.75 bits per heavy atom. The minimum Gasteiger partial charge on any atom is -0.382 e. The molecule has 3 N–H and O–H groups in total. The molecule has 1 amide bonds. The number of ether oxygens (including phenoxy) is 1. The molecule has 0 bridgehead atoms. The highest BCUT2D eigenvalue weighted by Crippen LogP contribution is 2.29. The molecule has 1 heterocycles. The van der Waals surface area contributed by atoms with E-state index in [9.17, 15) is 4.79 Å². The Hall–Kier alpha value is -1.43. The van der Waals surface area contributed by atoms with Crippen LogP contribution in [0.25, 0.3) is 0 Å². The lowest BCUT2D eigenvalue weighted by molar-refractivity contribution is -0.135. The summed E-state index contributed by atoms with van der Waals surface area (Å²) in [5.74, 6) is -0.354. The zero-order valence-electron chi connectivity index (χ0n) is 12.0. The molecule has 1 aliphatic heterocycles. The van der Waals surface area contributed by atoms with E-state index in [4.69, 9.17) is 10.5 Å². The first kappa shape index (κ1) is 15.0. The lowest BCUT2D eigenvalue weighted by Crippen LogP contribution is -2.58. The molecule has 0 aromatic heterocycles. The SMILES string of the molecule is COCC(C(N)=O)(c1ccccc1)N1CCCNCC1. The number of rotatable bonds is 5. The van der Waals surface area contributed by atoms with Gasteiger partial charge < -0.3 is 15.8 Å². The van der Waals surface area contributed by atoms with E-state index in [0.717, 1.165) is 38.2 Å². The first-order chi connectivity index (χ1) is 9.71. The fourth-order valence-electron chi connectivity index (χ4n) is 2.88. The highest BCUT2D eigenvalue weighted by molar-refractivity contribution is 5.86. The largest absolute Gasteiger partial charge is 0.382 e. The number of hydrogen-bond acceptors (Lipinski definition) is 4. The van der Waals surface area contributed by atoms with E-state index in [1.165, 1.54) is 0 Å². The van der Waals surface area contributed by atoms with Crippen molar-refractivity contribution in [2.75, 3.05) is 39.9 Å². The molecule has 0 spiro atoms. The number of nitrogens with zero attached hydrogens (tertiary/aromatic N) is 1. The maximum atomic E-state index is 12.3. The predicted molar refractivity (Wildman–Crippen MR) is 78.3 cm³/mol. The van der Waals surface area contributed by atoms with Gasteiger partial charge in [-0.2, -0.15) is 0 Å². The van der Waals surface area contributed by atoms with Gasteiger partial charge >= 0.3 is 0 Å².